The number of amides is 1. The number of hydrogen-bond acceptors (Lipinski definition) is 4. The fourth-order valence-electron chi connectivity index (χ4n) is 2.23. The van der Waals surface area contributed by atoms with Gasteiger partial charge in [-0.05, 0) is 36.3 Å². The molecule has 0 bridgehead atoms. The quantitative estimate of drug-likeness (QED) is 0.838. The predicted octanol–water partition coefficient (Wildman–Crippen LogP) is 1.57. The third-order valence-electron chi connectivity index (χ3n) is 3.03. The number of aromatic nitrogens is 2. The number of aryl methyl sites for hydroxylation is 1. The maximum atomic E-state index is 11.5. The van der Waals surface area contributed by atoms with Crippen LogP contribution in [-0.2, 0) is 9.59 Å². The Morgan fingerprint density at radius 1 is 1.27 bits per heavy atom. The molecule has 22 heavy (non-hydrogen) atoms. The number of carboxylic acid groups (broad SMARTS) is 1. The lowest BCUT2D eigenvalue weighted by atomic mass is 10.1. The average Bonchev–Trinajstić information content (AvgIpc) is 2.81. The molecule has 0 saturated carbocycles. The molecule has 0 radical (unpaired) electrons. The number of nitrogens with one attached hydrogen (secondary N) is 1. The smallest absolute Gasteiger partial charge is 0.352 e. The van der Waals surface area contributed by atoms with E-state index in [2.05, 4.69) is 10.4 Å². The first-order chi connectivity index (χ1) is 10.3. The highest BCUT2D eigenvalue weighted by molar-refractivity contribution is 5.98. The van der Waals surface area contributed by atoms with E-state index < -0.39 is 11.9 Å². The molecule has 2 rings (SSSR count). The van der Waals surface area contributed by atoms with Gasteiger partial charge in [0.05, 0.1) is 11.7 Å². The zero-order valence-electron chi connectivity index (χ0n) is 12.4. The van der Waals surface area contributed by atoms with E-state index in [1.165, 1.54) is 24.6 Å². The maximum Gasteiger partial charge on any atom is 0.352 e. The molecular weight excluding hydrogens is 286 g/mol. The van der Waals surface area contributed by atoms with E-state index >= 15 is 0 Å². The van der Waals surface area contributed by atoms with E-state index in [0.717, 1.165) is 5.56 Å². The number of aliphatic carboxylic acids is 1. The Morgan fingerprint density at radius 2 is 1.95 bits per heavy atom. The van der Waals surface area contributed by atoms with Crippen molar-refractivity contribution < 1.29 is 19.5 Å². The first-order valence-corrected chi connectivity index (χ1v) is 6.51. The summed E-state index contributed by atoms with van der Waals surface area (Å²) in [5, 5.41) is 16.1. The molecule has 2 N–H and O–H groups in total. The van der Waals surface area contributed by atoms with Gasteiger partial charge in [0.1, 0.15) is 5.70 Å². The number of rotatable bonds is 3. The van der Waals surface area contributed by atoms with E-state index in [1.807, 2.05) is 0 Å². The second-order valence-corrected chi connectivity index (χ2v) is 4.90. The van der Waals surface area contributed by atoms with Crippen molar-refractivity contribution in [3.05, 3.63) is 35.2 Å². The highest BCUT2D eigenvalue weighted by Gasteiger charge is 2.12. The summed E-state index contributed by atoms with van der Waals surface area (Å²) in [5.74, 6) is -1.89. The summed E-state index contributed by atoms with van der Waals surface area (Å²) in [6.45, 7) is 4.46. The van der Waals surface area contributed by atoms with Crippen LogP contribution in [0.25, 0.3) is 17.0 Å². The molecule has 1 aromatic carbocycles. The maximum absolute atomic E-state index is 11.5. The summed E-state index contributed by atoms with van der Waals surface area (Å²) in [6.07, 6.45) is 2.90. The van der Waals surface area contributed by atoms with E-state index in [0.29, 0.717) is 16.5 Å². The topological polar surface area (TPSA) is 101 Å². The Balaban J connectivity index is 2.55. The van der Waals surface area contributed by atoms with Crippen molar-refractivity contribution in [3.8, 4) is 0 Å². The van der Waals surface area contributed by atoms with Crippen LogP contribution in [0.15, 0.2) is 24.0 Å². The lowest BCUT2D eigenvalue weighted by Crippen LogP contribution is -2.24. The second kappa shape index (κ2) is 5.80. The van der Waals surface area contributed by atoms with Gasteiger partial charge in [-0.25, -0.2) is 9.48 Å². The highest BCUT2D eigenvalue weighted by Crippen LogP contribution is 2.22. The monoisotopic (exact) mass is 301 g/mol. The minimum atomic E-state index is -1.23. The lowest BCUT2D eigenvalue weighted by molar-refractivity contribution is -0.134. The summed E-state index contributed by atoms with van der Waals surface area (Å²) in [6, 6.07) is 3.44. The zero-order valence-corrected chi connectivity index (χ0v) is 12.4. The van der Waals surface area contributed by atoms with Gasteiger partial charge in [0, 0.05) is 19.2 Å². The van der Waals surface area contributed by atoms with E-state index in [-0.39, 0.29) is 11.6 Å². The van der Waals surface area contributed by atoms with Crippen molar-refractivity contribution in [1.82, 2.24) is 15.1 Å². The van der Waals surface area contributed by atoms with Gasteiger partial charge in [0.15, 0.2) is 0 Å². The third kappa shape index (κ3) is 3.03. The van der Waals surface area contributed by atoms with Crippen LogP contribution in [0.1, 0.15) is 29.8 Å². The summed E-state index contributed by atoms with van der Waals surface area (Å²) < 4.78 is 1.30. The van der Waals surface area contributed by atoms with E-state index in [4.69, 9.17) is 5.11 Å². The molecule has 0 fully saturated rings. The van der Waals surface area contributed by atoms with Gasteiger partial charge in [-0.2, -0.15) is 5.10 Å². The number of carboxylic acids is 1. The fourth-order valence-corrected chi connectivity index (χ4v) is 2.23. The van der Waals surface area contributed by atoms with Gasteiger partial charge in [-0.1, -0.05) is 0 Å². The summed E-state index contributed by atoms with van der Waals surface area (Å²) >= 11 is 0. The SMILES string of the molecule is CC(=O)N/C(=C\c1cc(C)c2c(cnn2C(C)=O)c1)C(=O)O. The molecule has 0 unspecified atom stereocenters. The Kier molecular flexibility index (Phi) is 4.07. The summed E-state index contributed by atoms with van der Waals surface area (Å²) in [7, 11) is 0. The largest absolute Gasteiger partial charge is 0.477 e. The minimum absolute atomic E-state index is 0.203. The molecule has 0 saturated heterocycles. The molecule has 0 aliphatic rings. The molecule has 0 aliphatic carbocycles. The molecule has 1 amide bonds. The lowest BCUT2D eigenvalue weighted by Gasteiger charge is -2.06. The number of hydrogen-bond donors (Lipinski definition) is 2. The first-order valence-electron chi connectivity index (χ1n) is 6.51. The van der Waals surface area contributed by atoms with E-state index in [1.54, 1.807) is 25.3 Å². The van der Waals surface area contributed by atoms with Crippen molar-refractivity contribution in [2.45, 2.75) is 20.8 Å². The van der Waals surface area contributed by atoms with Crippen LogP contribution in [0.4, 0.5) is 0 Å². The van der Waals surface area contributed by atoms with Crippen LogP contribution in [0.2, 0.25) is 0 Å². The van der Waals surface area contributed by atoms with Gasteiger partial charge >= 0.3 is 5.97 Å². The molecule has 1 heterocycles. The standard InChI is InChI=1S/C15H15N3O4/c1-8-4-11(6-13(15(21)22)17-9(2)19)5-12-7-16-18(10(3)20)14(8)12/h4-7H,1-3H3,(H,17,19)(H,21,22)/b13-6-. The molecule has 0 spiro atoms. The van der Waals surface area contributed by atoms with Crippen molar-refractivity contribution in [1.29, 1.82) is 0 Å². The molecule has 2 aromatic rings. The average molecular weight is 301 g/mol. The Bertz CT molecular complexity index is 818. The number of nitrogens with zero attached hydrogens (tertiary/aromatic N) is 2. The number of carbonyl (C=O) groups is 3. The molecule has 0 aliphatic heterocycles. The highest BCUT2D eigenvalue weighted by atomic mass is 16.4. The van der Waals surface area contributed by atoms with Crippen LogP contribution < -0.4 is 5.32 Å². The van der Waals surface area contributed by atoms with Crippen molar-refractivity contribution in [3.63, 3.8) is 0 Å². The Morgan fingerprint density at radius 3 is 2.50 bits per heavy atom. The Hall–Kier alpha value is -2.96. The zero-order chi connectivity index (χ0) is 16.4. The predicted molar refractivity (Wildman–Crippen MR) is 80.2 cm³/mol. The van der Waals surface area contributed by atoms with Gasteiger partial charge in [-0.15, -0.1) is 0 Å². The van der Waals surface area contributed by atoms with Crippen LogP contribution in [0.3, 0.4) is 0 Å². The van der Waals surface area contributed by atoms with Gasteiger partial charge in [0.25, 0.3) is 0 Å². The summed E-state index contributed by atoms with van der Waals surface area (Å²) in [4.78, 5) is 33.7. The van der Waals surface area contributed by atoms with E-state index in [9.17, 15) is 14.4 Å². The normalized spacial score (nSPS) is 11.5. The van der Waals surface area contributed by atoms with Gasteiger partial charge in [0.2, 0.25) is 11.8 Å². The van der Waals surface area contributed by atoms with Crippen molar-refractivity contribution in [2.75, 3.05) is 0 Å². The van der Waals surface area contributed by atoms with Crippen molar-refractivity contribution in [2.24, 2.45) is 0 Å². The molecular formula is C15H15N3O4. The van der Waals surface area contributed by atoms with Gasteiger partial charge < -0.3 is 10.4 Å². The molecule has 0 atom stereocenters. The second-order valence-electron chi connectivity index (χ2n) is 4.90. The number of fused-ring (bicyclic) bond motifs is 1. The fraction of sp³-hybridized carbons (Fsp3) is 0.200. The molecule has 7 nitrogen and oxygen atoms in total. The van der Waals surface area contributed by atoms with Crippen LogP contribution in [-0.4, -0.2) is 32.7 Å². The third-order valence-corrected chi connectivity index (χ3v) is 3.03. The van der Waals surface area contributed by atoms with Crippen molar-refractivity contribution >= 4 is 34.8 Å². The van der Waals surface area contributed by atoms with Crippen LogP contribution >= 0.6 is 0 Å². The number of benzene rings is 1. The molecule has 7 heteroatoms. The van der Waals surface area contributed by atoms with Gasteiger partial charge in [-0.3, -0.25) is 9.59 Å². The summed E-state index contributed by atoms with van der Waals surface area (Å²) in [5.41, 5.74) is 1.84. The molecule has 114 valence electrons. The minimum Gasteiger partial charge on any atom is -0.477 e. The Labute approximate surface area is 126 Å². The first kappa shape index (κ1) is 15.4. The van der Waals surface area contributed by atoms with Crippen LogP contribution in [0, 0.1) is 6.92 Å². The molecule has 1 aromatic heterocycles. The van der Waals surface area contributed by atoms with Crippen LogP contribution in [0.5, 0.6) is 0 Å². The number of carbonyl (C=O) groups excluding carboxylic acids is 2.